The molecule has 0 saturated carbocycles. The highest BCUT2D eigenvalue weighted by atomic mass is 79.9. The summed E-state index contributed by atoms with van der Waals surface area (Å²) in [6, 6.07) is 14.8. The molecular formula is C17H17BrN2O3. The predicted molar refractivity (Wildman–Crippen MR) is 92.3 cm³/mol. The second-order valence-corrected chi connectivity index (χ2v) is 5.78. The molecule has 23 heavy (non-hydrogen) atoms. The number of carbonyl (C=O) groups is 2. The summed E-state index contributed by atoms with van der Waals surface area (Å²) in [5.74, 6) is 0.0618. The molecule has 0 radical (unpaired) electrons. The van der Waals surface area contributed by atoms with Crippen LogP contribution in [0.3, 0.4) is 0 Å². The summed E-state index contributed by atoms with van der Waals surface area (Å²) in [6.07, 6.45) is -0.772. The van der Waals surface area contributed by atoms with Crippen molar-refractivity contribution in [3.8, 4) is 16.9 Å². The van der Waals surface area contributed by atoms with E-state index in [9.17, 15) is 9.59 Å². The molecule has 0 unspecified atom stereocenters. The van der Waals surface area contributed by atoms with Gasteiger partial charge in [0.05, 0.1) is 0 Å². The van der Waals surface area contributed by atoms with Crippen LogP contribution in [-0.4, -0.2) is 25.1 Å². The number of halogens is 1. The van der Waals surface area contributed by atoms with Gasteiger partial charge in [-0.1, -0.05) is 40.2 Å². The Balaban J connectivity index is 2.01. The molecule has 2 aromatic rings. The van der Waals surface area contributed by atoms with E-state index in [0.717, 1.165) is 15.6 Å². The number of urea groups is 1. The highest BCUT2D eigenvalue weighted by molar-refractivity contribution is 9.10. The quantitative estimate of drug-likeness (QED) is 0.859. The molecule has 0 saturated heterocycles. The molecule has 0 aliphatic rings. The van der Waals surface area contributed by atoms with Gasteiger partial charge < -0.3 is 10.1 Å². The lowest BCUT2D eigenvalue weighted by atomic mass is 10.1. The Morgan fingerprint density at radius 3 is 2.04 bits per heavy atom. The zero-order chi connectivity index (χ0) is 16.8. The van der Waals surface area contributed by atoms with Crippen LogP contribution in [0, 0.1) is 0 Å². The van der Waals surface area contributed by atoms with Crippen molar-refractivity contribution in [2.24, 2.45) is 0 Å². The zero-order valence-corrected chi connectivity index (χ0v) is 14.4. The first kappa shape index (κ1) is 17.0. The maximum Gasteiger partial charge on any atom is 0.321 e. The Bertz CT molecular complexity index is 684. The van der Waals surface area contributed by atoms with Crippen molar-refractivity contribution in [1.29, 1.82) is 0 Å². The van der Waals surface area contributed by atoms with E-state index in [4.69, 9.17) is 4.74 Å². The minimum Gasteiger partial charge on any atom is -0.481 e. The van der Waals surface area contributed by atoms with Crippen LogP contribution in [0.5, 0.6) is 5.75 Å². The van der Waals surface area contributed by atoms with E-state index in [2.05, 4.69) is 26.6 Å². The molecule has 5 nitrogen and oxygen atoms in total. The highest BCUT2D eigenvalue weighted by Crippen LogP contribution is 2.24. The first-order chi connectivity index (χ1) is 11.0. The fourth-order valence-electron chi connectivity index (χ4n) is 1.90. The molecule has 2 aromatic carbocycles. The largest absolute Gasteiger partial charge is 0.481 e. The second kappa shape index (κ2) is 7.78. The Labute approximate surface area is 143 Å². The maximum absolute atomic E-state index is 11.7. The van der Waals surface area contributed by atoms with Crippen LogP contribution in [0.2, 0.25) is 0 Å². The molecule has 120 valence electrons. The number of hydrogen-bond acceptors (Lipinski definition) is 3. The molecule has 2 N–H and O–H groups in total. The predicted octanol–water partition coefficient (Wildman–Crippen LogP) is 3.34. The van der Waals surface area contributed by atoms with Gasteiger partial charge in [0, 0.05) is 11.5 Å². The Morgan fingerprint density at radius 2 is 1.52 bits per heavy atom. The van der Waals surface area contributed by atoms with Crippen LogP contribution in [0.15, 0.2) is 53.0 Å². The van der Waals surface area contributed by atoms with Crippen LogP contribution in [0.1, 0.15) is 6.92 Å². The van der Waals surface area contributed by atoms with Crippen molar-refractivity contribution in [2.75, 3.05) is 7.05 Å². The molecule has 3 amide bonds. The molecule has 0 bridgehead atoms. The third-order valence-electron chi connectivity index (χ3n) is 3.18. The van der Waals surface area contributed by atoms with E-state index < -0.39 is 18.0 Å². The Hall–Kier alpha value is -2.34. The highest BCUT2D eigenvalue weighted by Gasteiger charge is 2.16. The third kappa shape index (κ3) is 4.82. The summed E-state index contributed by atoms with van der Waals surface area (Å²) < 4.78 is 6.56. The van der Waals surface area contributed by atoms with Gasteiger partial charge in [0.15, 0.2) is 6.10 Å². The molecule has 0 aromatic heterocycles. The van der Waals surface area contributed by atoms with Crippen LogP contribution in [0.4, 0.5) is 4.79 Å². The van der Waals surface area contributed by atoms with Gasteiger partial charge >= 0.3 is 6.03 Å². The molecule has 0 aliphatic carbocycles. The van der Waals surface area contributed by atoms with Gasteiger partial charge in [-0.15, -0.1) is 0 Å². The lowest BCUT2D eigenvalue weighted by Crippen LogP contribution is -2.43. The monoisotopic (exact) mass is 376 g/mol. The van der Waals surface area contributed by atoms with Gasteiger partial charge in [0.25, 0.3) is 5.91 Å². The van der Waals surface area contributed by atoms with Crippen LogP contribution >= 0.6 is 15.9 Å². The number of rotatable bonds is 4. The molecule has 1 atom stereocenters. The van der Waals surface area contributed by atoms with Gasteiger partial charge in [-0.05, 0) is 42.3 Å². The average Bonchev–Trinajstić information content (AvgIpc) is 2.56. The van der Waals surface area contributed by atoms with Crippen LogP contribution in [0.25, 0.3) is 11.1 Å². The molecule has 2 rings (SSSR count). The van der Waals surface area contributed by atoms with E-state index >= 15 is 0 Å². The van der Waals surface area contributed by atoms with Crippen molar-refractivity contribution < 1.29 is 14.3 Å². The molecule has 6 heteroatoms. The fourth-order valence-corrected chi connectivity index (χ4v) is 2.17. The number of benzene rings is 2. The smallest absolute Gasteiger partial charge is 0.321 e. The maximum atomic E-state index is 11.7. The molecule has 0 spiro atoms. The van der Waals surface area contributed by atoms with Gasteiger partial charge in [0.1, 0.15) is 5.75 Å². The lowest BCUT2D eigenvalue weighted by Gasteiger charge is -2.14. The van der Waals surface area contributed by atoms with E-state index in [-0.39, 0.29) is 0 Å². The Kier molecular flexibility index (Phi) is 5.76. The number of nitrogens with one attached hydrogen (secondary N) is 2. The normalized spacial score (nSPS) is 11.4. The lowest BCUT2D eigenvalue weighted by molar-refractivity contribution is -0.126. The summed E-state index contributed by atoms with van der Waals surface area (Å²) in [5, 5.41) is 4.49. The topological polar surface area (TPSA) is 67.4 Å². The zero-order valence-electron chi connectivity index (χ0n) is 12.8. The Morgan fingerprint density at radius 1 is 1.00 bits per heavy atom. The average molecular weight is 377 g/mol. The minimum absolute atomic E-state index is 0.499. The summed E-state index contributed by atoms with van der Waals surface area (Å²) >= 11 is 3.41. The molecule has 0 heterocycles. The van der Waals surface area contributed by atoms with E-state index in [1.54, 1.807) is 19.1 Å². The third-order valence-corrected chi connectivity index (χ3v) is 3.71. The molecular weight excluding hydrogens is 360 g/mol. The van der Waals surface area contributed by atoms with E-state index in [1.807, 2.05) is 36.4 Å². The van der Waals surface area contributed by atoms with Crippen molar-refractivity contribution >= 4 is 27.9 Å². The van der Waals surface area contributed by atoms with E-state index in [1.165, 1.54) is 7.05 Å². The van der Waals surface area contributed by atoms with Crippen molar-refractivity contribution in [2.45, 2.75) is 13.0 Å². The number of carbonyl (C=O) groups excluding carboxylic acids is 2. The van der Waals surface area contributed by atoms with Crippen LogP contribution in [-0.2, 0) is 4.79 Å². The first-order valence-corrected chi connectivity index (χ1v) is 7.84. The summed E-state index contributed by atoms with van der Waals surface area (Å²) in [6.45, 7) is 1.58. The molecule has 0 fully saturated rings. The van der Waals surface area contributed by atoms with Crippen LogP contribution < -0.4 is 15.4 Å². The van der Waals surface area contributed by atoms with Crippen molar-refractivity contribution in [3.05, 3.63) is 53.0 Å². The van der Waals surface area contributed by atoms with Gasteiger partial charge in [-0.3, -0.25) is 10.1 Å². The SMILES string of the molecule is CNC(=O)NC(=O)[C@@H](C)Oc1ccc(-c2ccc(Br)cc2)cc1. The van der Waals surface area contributed by atoms with E-state index in [0.29, 0.717) is 5.75 Å². The second-order valence-electron chi connectivity index (χ2n) is 4.86. The minimum atomic E-state index is -0.772. The van der Waals surface area contributed by atoms with Gasteiger partial charge in [-0.25, -0.2) is 4.79 Å². The standard InChI is InChI=1S/C17H17BrN2O3/c1-11(16(21)20-17(22)19-2)23-15-9-5-13(6-10-15)12-3-7-14(18)8-4-12/h3-11H,1-2H3,(H2,19,20,21,22)/t11-/m1/s1. The summed E-state index contributed by atoms with van der Waals surface area (Å²) in [5.41, 5.74) is 2.14. The number of ether oxygens (including phenoxy) is 1. The van der Waals surface area contributed by atoms with Crippen molar-refractivity contribution in [3.63, 3.8) is 0 Å². The van der Waals surface area contributed by atoms with Crippen molar-refractivity contribution in [1.82, 2.24) is 10.6 Å². The number of amides is 3. The van der Waals surface area contributed by atoms with Gasteiger partial charge in [0.2, 0.25) is 0 Å². The fraction of sp³-hybridized carbons (Fsp3) is 0.176. The number of hydrogen-bond donors (Lipinski definition) is 2. The summed E-state index contributed by atoms with van der Waals surface area (Å²) in [7, 11) is 1.44. The molecule has 0 aliphatic heterocycles. The first-order valence-electron chi connectivity index (χ1n) is 7.05. The summed E-state index contributed by atoms with van der Waals surface area (Å²) in [4.78, 5) is 22.8. The number of imide groups is 1. The van der Waals surface area contributed by atoms with Gasteiger partial charge in [-0.2, -0.15) is 0 Å².